The Hall–Kier alpha value is -7.76. The standard InChI is InChI=1S/C52H35N5/c1-5-15-36(16-6-1)38-25-27-42(28-26-38)55(52-53-34-39(35-54-52)37-17-7-2-8-18-37)43-29-30-49-45(31-43)47-32-46-44-23-13-14-24-48(44)56(40-19-9-3-10-20-40)50(46)33-51(47)57(49)41-21-11-4-12-22-41/h1-35H. The zero-order valence-corrected chi connectivity index (χ0v) is 30.9. The van der Waals surface area contributed by atoms with Gasteiger partial charge in [-0.3, -0.25) is 4.90 Å². The van der Waals surface area contributed by atoms with Gasteiger partial charge >= 0.3 is 0 Å². The van der Waals surface area contributed by atoms with Crippen molar-refractivity contribution in [2.75, 3.05) is 4.90 Å². The first kappa shape index (κ1) is 32.7. The summed E-state index contributed by atoms with van der Waals surface area (Å²) in [6, 6.07) is 71.0. The Balaban J connectivity index is 1.15. The number of hydrogen-bond donors (Lipinski definition) is 0. The SMILES string of the molecule is c1ccc(-c2ccc(N(c3ccc4c(c3)c3cc5c6ccccc6n(-c6ccccc6)c5cc3n4-c3ccccc3)c3ncc(-c4ccccc4)cn3)cc2)cc1. The predicted molar refractivity (Wildman–Crippen MR) is 236 cm³/mol. The number of nitrogens with zero attached hydrogens (tertiary/aromatic N) is 5. The molecule has 0 fully saturated rings. The lowest BCUT2D eigenvalue weighted by atomic mass is 10.0. The van der Waals surface area contributed by atoms with E-state index in [1.54, 1.807) is 0 Å². The second-order valence-corrected chi connectivity index (χ2v) is 14.3. The zero-order chi connectivity index (χ0) is 37.7. The highest BCUT2D eigenvalue weighted by atomic mass is 15.3. The molecule has 11 aromatic rings. The first-order valence-corrected chi connectivity index (χ1v) is 19.2. The summed E-state index contributed by atoms with van der Waals surface area (Å²) in [6.07, 6.45) is 3.84. The van der Waals surface area contributed by atoms with E-state index >= 15 is 0 Å². The Labute approximate surface area is 330 Å². The molecule has 5 nitrogen and oxygen atoms in total. The minimum Gasteiger partial charge on any atom is -0.309 e. The van der Waals surface area contributed by atoms with Gasteiger partial charge in [0.15, 0.2) is 0 Å². The first-order chi connectivity index (χ1) is 28.3. The number of anilines is 3. The van der Waals surface area contributed by atoms with E-state index in [0.29, 0.717) is 5.95 Å². The molecule has 0 spiro atoms. The van der Waals surface area contributed by atoms with Gasteiger partial charge in [0.25, 0.3) is 0 Å². The van der Waals surface area contributed by atoms with E-state index < -0.39 is 0 Å². The maximum atomic E-state index is 5.00. The third kappa shape index (κ3) is 5.56. The minimum atomic E-state index is 0.599. The van der Waals surface area contributed by atoms with Gasteiger partial charge in [0.1, 0.15) is 0 Å². The molecular weight excluding hydrogens is 695 g/mol. The topological polar surface area (TPSA) is 38.9 Å². The van der Waals surface area contributed by atoms with Gasteiger partial charge in [0.2, 0.25) is 5.95 Å². The second-order valence-electron chi connectivity index (χ2n) is 14.3. The average Bonchev–Trinajstić information content (AvgIpc) is 3.79. The summed E-state index contributed by atoms with van der Waals surface area (Å²) in [4.78, 5) is 12.2. The van der Waals surface area contributed by atoms with Crippen molar-refractivity contribution < 1.29 is 0 Å². The van der Waals surface area contributed by atoms with E-state index in [1.165, 1.54) is 32.8 Å². The lowest BCUT2D eigenvalue weighted by Gasteiger charge is -2.24. The number of para-hydroxylation sites is 3. The molecule has 0 radical (unpaired) electrons. The molecule has 3 heterocycles. The summed E-state index contributed by atoms with van der Waals surface area (Å²) in [7, 11) is 0. The highest BCUT2D eigenvalue weighted by Gasteiger charge is 2.22. The van der Waals surface area contributed by atoms with Crippen LogP contribution >= 0.6 is 0 Å². The first-order valence-electron chi connectivity index (χ1n) is 19.2. The van der Waals surface area contributed by atoms with Gasteiger partial charge in [-0.05, 0) is 89.5 Å². The molecule has 11 rings (SSSR count). The third-order valence-electron chi connectivity index (χ3n) is 11.0. The van der Waals surface area contributed by atoms with Crippen LogP contribution in [0.2, 0.25) is 0 Å². The normalized spacial score (nSPS) is 11.5. The smallest absolute Gasteiger partial charge is 0.234 e. The summed E-state index contributed by atoms with van der Waals surface area (Å²) in [5.74, 6) is 0.599. The summed E-state index contributed by atoms with van der Waals surface area (Å²) in [6.45, 7) is 0. The highest BCUT2D eigenvalue weighted by Crippen LogP contribution is 2.42. The highest BCUT2D eigenvalue weighted by molar-refractivity contribution is 6.19. The zero-order valence-electron chi connectivity index (χ0n) is 30.9. The van der Waals surface area contributed by atoms with E-state index in [-0.39, 0.29) is 0 Å². The molecule has 0 N–H and O–H groups in total. The Morgan fingerprint density at radius 1 is 0.316 bits per heavy atom. The van der Waals surface area contributed by atoms with E-state index in [2.05, 4.69) is 190 Å². The van der Waals surface area contributed by atoms with Crippen LogP contribution in [0.3, 0.4) is 0 Å². The third-order valence-corrected chi connectivity index (χ3v) is 11.0. The van der Waals surface area contributed by atoms with E-state index in [1.807, 2.05) is 36.7 Å². The van der Waals surface area contributed by atoms with Gasteiger partial charge in [0.05, 0.1) is 22.1 Å². The van der Waals surface area contributed by atoms with Crippen LogP contribution in [0.5, 0.6) is 0 Å². The molecule has 0 aliphatic heterocycles. The lowest BCUT2D eigenvalue weighted by Crippen LogP contribution is -2.13. The Bertz CT molecular complexity index is 3110. The summed E-state index contributed by atoms with van der Waals surface area (Å²) < 4.78 is 4.78. The number of aromatic nitrogens is 4. The quantitative estimate of drug-likeness (QED) is 0.164. The maximum Gasteiger partial charge on any atom is 0.234 e. The molecule has 268 valence electrons. The van der Waals surface area contributed by atoms with Gasteiger partial charge in [-0.1, -0.05) is 127 Å². The van der Waals surface area contributed by atoms with Gasteiger partial charge in [-0.15, -0.1) is 0 Å². The van der Waals surface area contributed by atoms with E-state index in [4.69, 9.17) is 9.97 Å². The number of rotatable bonds is 7. The lowest BCUT2D eigenvalue weighted by molar-refractivity contribution is 1.08. The maximum absolute atomic E-state index is 5.00. The van der Waals surface area contributed by atoms with E-state index in [9.17, 15) is 0 Å². The van der Waals surface area contributed by atoms with Gasteiger partial charge < -0.3 is 9.13 Å². The van der Waals surface area contributed by atoms with Crippen LogP contribution in [0.15, 0.2) is 213 Å². The van der Waals surface area contributed by atoms with Gasteiger partial charge in [-0.25, -0.2) is 9.97 Å². The van der Waals surface area contributed by atoms with Crippen molar-refractivity contribution in [3.8, 4) is 33.6 Å². The molecule has 0 atom stereocenters. The molecule has 0 saturated carbocycles. The Morgan fingerprint density at radius 3 is 1.39 bits per heavy atom. The Kier molecular flexibility index (Phi) is 7.74. The van der Waals surface area contributed by atoms with E-state index in [0.717, 1.165) is 55.9 Å². The molecule has 0 aliphatic rings. The molecule has 0 unspecified atom stereocenters. The number of fused-ring (bicyclic) bond motifs is 6. The number of benzene rings is 8. The van der Waals surface area contributed by atoms with Crippen molar-refractivity contribution in [3.05, 3.63) is 213 Å². The van der Waals surface area contributed by atoms with Gasteiger partial charge in [0, 0.05) is 62.3 Å². The molecule has 0 aliphatic carbocycles. The predicted octanol–water partition coefficient (Wildman–Crippen LogP) is 13.5. The van der Waals surface area contributed by atoms with Crippen molar-refractivity contribution in [2.24, 2.45) is 0 Å². The molecule has 0 amide bonds. The van der Waals surface area contributed by atoms with Crippen molar-refractivity contribution in [1.29, 1.82) is 0 Å². The van der Waals surface area contributed by atoms with Crippen LogP contribution in [0, 0.1) is 0 Å². The molecular formula is C52H35N5. The summed E-state index contributed by atoms with van der Waals surface area (Å²) >= 11 is 0. The van der Waals surface area contributed by atoms with Crippen molar-refractivity contribution in [3.63, 3.8) is 0 Å². The number of hydrogen-bond acceptors (Lipinski definition) is 3. The van der Waals surface area contributed by atoms with Crippen LogP contribution in [-0.4, -0.2) is 19.1 Å². The molecule has 57 heavy (non-hydrogen) atoms. The van der Waals surface area contributed by atoms with Crippen molar-refractivity contribution in [1.82, 2.24) is 19.1 Å². The van der Waals surface area contributed by atoms with Crippen LogP contribution in [0.4, 0.5) is 17.3 Å². The van der Waals surface area contributed by atoms with Crippen LogP contribution in [0.25, 0.3) is 77.2 Å². The fourth-order valence-electron chi connectivity index (χ4n) is 8.35. The summed E-state index contributed by atoms with van der Waals surface area (Å²) in [5.41, 5.74) is 13.2. The van der Waals surface area contributed by atoms with Crippen LogP contribution in [0.1, 0.15) is 0 Å². The summed E-state index contributed by atoms with van der Waals surface area (Å²) in [5, 5.41) is 4.77. The molecule has 0 saturated heterocycles. The molecule has 0 bridgehead atoms. The van der Waals surface area contributed by atoms with Crippen molar-refractivity contribution >= 4 is 60.9 Å². The largest absolute Gasteiger partial charge is 0.309 e. The fourth-order valence-corrected chi connectivity index (χ4v) is 8.35. The van der Waals surface area contributed by atoms with Gasteiger partial charge in [-0.2, -0.15) is 0 Å². The average molecular weight is 730 g/mol. The van der Waals surface area contributed by atoms with Crippen LogP contribution in [-0.2, 0) is 0 Å². The van der Waals surface area contributed by atoms with Crippen LogP contribution < -0.4 is 4.90 Å². The monoisotopic (exact) mass is 729 g/mol. The Morgan fingerprint density at radius 2 is 0.772 bits per heavy atom. The molecule has 8 aromatic carbocycles. The molecule has 3 aromatic heterocycles. The second kappa shape index (κ2) is 13.5. The fraction of sp³-hybridized carbons (Fsp3) is 0. The van der Waals surface area contributed by atoms with Crippen molar-refractivity contribution in [2.45, 2.75) is 0 Å². The minimum absolute atomic E-state index is 0.599. The molecule has 5 heteroatoms.